The van der Waals surface area contributed by atoms with Crippen LogP contribution in [-0.2, 0) is 9.59 Å². The summed E-state index contributed by atoms with van der Waals surface area (Å²) in [6.07, 6.45) is 3.18. The van der Waals surface area contributed by atoms with E-state index in [1.807, 2.05) is 32.9 Å². The van der Waals surface area contributed by atoms with E-state index in [0.29, 0.717) is 11.7 Å². The Balaban J connectivity index is 1.83. The molecule has 1 aromatic carbocycles. The number of benzene rings is 1. The van der Waals surface area contributed by atoms with E-state index in [9.17, 15) is 9.59 Å². The highest BCUT2D eigenvalue weighted by Gasteiger charge is 2.43. The molecule has 4 heteroatoms. The van der Waals surface area contributed by atoms with Gasteiger partial charge in [0.2, 0.25) is 0 Å². The Hall–Kier alpha value is -1.42. The third kappa shape index (κ3) is 3.01. The molecule has 0 spiro atoms. The summed E-state index contributed by atoms with van der Waals surface area (Å²) in [5.41, 5.74) is 1.63. The summed E-state index contributed by atoms with van der Waals surface area (Å²) in [6, 6.07) is 7.49. The molecule has 0 aliphatic heterocycles. The quantitative estimate of drug-likeness (QED) is 0.552. The molecule has 2 aliphatic carbocycles. The molecule has 0 aromatic heterocycles. The molecule has 2 unspecified atom stereocenters. The average Bonchev–Trinajstić information content (AvgIpc) is 3.04. The van der Waals surface area contributed by atoms with Crippen molar-refractivity contribution in [2.75, 3.05) is 0 Å². The molecule has 3 rings (SSSR count). The fraction of sp³-hybridized carbons (Fsp3) is 0.474. The number of ether oxygens (including phenoxy) is 1. The van der Waals surface area contributed by atoms with Crippen LogP contribution in [0.5, 0.6) is 5.75 Å². The van der Waals surface area contributed by atoms with E-state index in [2.05, 4.69) is 15.9 Å². The summed E-state index contributed by atoms with van der Waals surface area (Å²) in [7, 11) is 0. The van der Waals surface area contributed by atoms with Gasteiger partial charge in [-0.15, -0.1) is 0 Å². The highest BCUT2D eigenvalue weighted by Crippen LogP contribution is 2.51. The highest BCUT2D eigenvalue weighted by molar-refractivity contribution is 9.12. The maximum atomic E-state index is 12.3. The molecule has 1 fully saturated rings. The summed E-state index contributed by atoms with van der Waals surface area (Å²) in [6.45, 7) is 5.49. The molecule has 23 heavy (non-hydrogen) atoms. The number of hydrogen-bond donors (Lipinski definition) is 0. The van der Waals surface area contributed by atoms with Crippen LogP contribution in [0.25, 0.3) is 5.57 Å². The van der Waals surface area contributed by atoms with Crippen molar-refractivity contribution < 1.29 is 14.3 Å². The minimum atomic E-state index is -0.529. The Labute approximate surface area is 145 Å². The van der Waals surface area contributed by atoms with Gasteiger partial charge in [0.25, 0.3) is 0 Å². The first-order valence-corrected chi connectivity index (χ1v) is 8.85. The van der Waals surface area contributed by atoms with Gasteiger partial charge in [-0.1, -0.05) is 18.6 Å². The average molecular weight is 377 g/mol. The Morgan fingerprint density at radius 1 is 1.13 bits per heavy atom. The van der Waals surface area contributed by atoms with E-state index >= 15 is 0 Å². The van der Waals surface area contributed by atoms with Crippen LogP contribution < -0.4 is 4.74 Å². The van der Waals surface area contributed by atoms with Crippen molar-refractivity contribution in [2.24, 2.45) is 17.3 Å². The van der Waals surface area contributed by atoms with E-state index < -0.39 is 5.41 Å². The number of fused-ring (bicyclic) bond motifs is 1. The smallest absolute Gasteiger partial charge is 0.316 e. The van der Waals surface area contributed by atoms with Crippen molar-refractivity contribution >= 4 is 33.3 Å². The topological polar surface area (TPSA) is 43.4 Å². The molecule has 0 saturated heterocycles. The summed E-state index contributed by atoms with van der Waals surface area (Å²) >= 11 is 3.49. The van der Waals surface area contributed by atoms with Gasteiger partial charge in [0.05, 0.1) is 9.90 Å². The number of carbonyl (C=O) groups is 2. The molecule has 122 valence electrons. The number of allylic oxidation sites excluding steroid dienone is 2. The second-order valence-corrected chi connectivity index (χ2v) is 8.19. The van der Waals surface area contributed by atoms with Crippen molar-refractivity contribution in [2.45, 2.75) is 40.0 Å². The maximum Gasteiger partial charge on any atom is 0.316 e. The Morgan fingerprint density at radius 3 is 2.35 bits per heavy atom. The lowest BCUT2D eigenvalue weighted by Crippen LogP contribution is -2.25. The van der Waals surface area contributed by atoms with Gasteiger partial charge in [-0.2, -0.15) is 0 Å². The second kappa shape index (κ2) is 5.90. The number of halogens is 1. The lowest BCUT2D eigenvalue weighted by Gasteiger charge is -2.17. The monoisotopic (exact) mass is 376 g/mol. The molecule has 0 amide bonds. The fourth-order valence-corrected chi connectivity index (χ4v) is 4.20. The minimum Gasteiger partial charge on any atom is -0.426 e. The van der Waals surface area contributed by atoms with Gasteiger partial charge >= 0.3 is 5.97 Å². The molecular formula is C19H21BrO3. The number of ketones is 1. The minimum absolute atomic E-state index is 0.151. The molecule has 2 aliphatic rings. The molecule has 0 radical (unpaired) electrons. The Kier molecular flexibility index (Phi) is 4.21. The lowest BCUT2D eigenvalue weighted by atomic mass is 9.90. The van der Waals surface area contributed by atoms with Crippen molar-refractivity contribution in [1.29, 1.82) is 0 Å². The van der Waals surface area contributed by atoms with Crippen LogP contribution in [0, 0.1) is 17.3 Å². The zero-order valence-corrected chi connectivity index (χ0v) is 15.3. The third-order valence-electron chi connectivity index (χ3n) is 4.66. The first-order valence-electron chi connectivity index (χ1n) is 8.05. The van der Waals surface area contributed by atoms with Crippen LogP contribution in [0.4, 0.5) is 0 Å². The van der Waals surface area contributed by atoms with Gasteiger partial charge in [0.15, 0.2) is 5.78 Å². The lowest BCUT2D eigenvalue weighted by molar-refractivity contribution is -0.143. The summed E-state index contributed by atoms with van der Waals surface area (Å²) in [4.78, 5) is 24.3. The van der Waals surface area contributed by atoms with E-state index in [4.69, 9.17) is 4.74 Å². The molecule has 3 nitrogen and oxygen atoms in total. The predicted octanol–water partition coefficient (Wildman–Crippen LogP) is 4.74. The highest BCUT2D eigenvalue weighted by atomic mass is 79.9. The van der Waals surface area contributed by atoms with Crippen LogP contribution in [-0.4, -0.2) is 11.8 Å². The first-order chi connectivity index (χ1) is 10.8. The Morgan fingerprint density at radius 2 is 1.74 bits per heavy atom. The molecular weight excluding hydrogens is 356 g/mol. The summed E-state index contributed by atoms with van der Waals surface area (Å²) in [5, 5.41) is 0. The van der Waals surface area contributed by atoms with Crippen LogP contribution in [0.1, 0.15) is 45.6 Å². The molecule has 2 atom stereocenters. The number of esters is 1. The van der Waals surface area contributed by atoms with E-state index in [1.54, 1.807) is 12.1 Å². The van der Waals surface area contributed by atoms with Crippen molar-refractivity contribution in [1.82, 2.24) is 0 Å². The van der Waals surface area contributed by atoms with Crippen molar-refractivity contribution in [3.05, 3.63) is 34.3 Å². The molecule has 1 aromatic rings. The fourth-order valence-electron chi connectivity index (χ4n) is 3.38. The van der Waals surface area contributed by atoms with Crippen LogP contribution in [0.3, 0.4) is 0 Å². The third-order valence-corrected chi connectivity index (χ3v) is 5.48. The normalized spacial score (nSPS) is 24.1. The standard InChI is InChI=1S/C19H21BrO3/c1-19(2,3)18(22)23-12-9-7-11(8-10-12)15-13-5-4-6-14(13)17(21)16(15)20/h7-10,13-14H,4-6H2,1-3H3. The van der Waals surface area contributed by atoms with Crippen molar-refractivity contribution in [3.8, 4) is 5.75 Å². The van der Waals surface area contributed by atoms with Gasteiger partial charge in [-0.05, 0) is 78.7 Å². The number of Topliss-reactive ketones (excluding diaryl/α,β-unsaturated/α-hetero) is 1. The molecule has 1 saturated carbocycles. The van der Waals surface area contributed by atoms with Gasteiger partial charge in [-0.3, -0.25) is 9.59 Å². The van der Waals surface area contributed by atoms with E-state index in [-0.39, 0.29) is 17.7 Å². The molecule has 0 N–H and O–H groups in total. The van der Waals surface area contributed by atoms with Gasteiger partial charge in [-0.25, -0.2) is 0 Å². The molecule has 0 heterocycles. The van der Waals surface area contributed by atoms with E-state index in [1.165, 1.54) is 0 Å². The van der Waals surface area contributed by atoms with Gasteiger partial charge in [0, 0.05) is 5.92 Å². The summed E-state index contributed by atoms with van der Waals surface area (Å²) in [5.74, 6) is 1.01. The number of rotatable bonds is 2. The largest absolute Gasteiger partial charge is 0.426 e. The SMILES string of the molecule is CC(C)(C)C(=O)Oc1ccc(C2=C(Br)C(=O)C3CCCC23)cc1. The summed E-state index contributed by atoms with van der Waals surface area (Å²) < 4.78 is 6.13. The zero-order chi connectivity index (χ0) is 16.8. The van der Waals surface area contributed by atoms with Crippen LogP contribution >= 0.6 is 15.9 Å². The van der Waals surface area contributed by atoms with E-state index in [0.717, 1.165) is 34.9 Å². The zero-order valence-electron chi connectivity index (χ0n) is 13.7. The van der Waals surface area contributed by atoms with Crippen LogP contribution in [0.2, 0.25) is 0 Å². The maximum absolute atomic E-state index is 12.3. The Bertz CT molecular complexity index is 680. The second-order valence-electron chi connectivity index (χ2n) is 7.40. The van der Waals surface area contributed by atoms with Gasteiger partial charge < -0.3 is 4.74 Å². The van der Waals surface area contributed by atoms with Crippen molar-refractivity contribution in [3.63, 3.8) is 0 Å². The number of carbonyl (C=O) groups excluding carboxylic acids is 2. The predicted molar refractivity (Wildman–Crippen MR) is 93.2 cm³/mol. The number of hydrogen-bond acceptors (Lipinski definition) is 3. The first kappa shape index (κ1) is 16.4. The molecule has 0 bridgehead atoms. The van der Waals surface area contributed by atoms with Gasteiger partial charge in [0.1, 0.15) is 5.75 Å². The van der Waals surface area contributed by atoms with Crippen LogP contribution in [0.15, 0.2) is 28.7 Å².